The van der Waals surface area contributed by atoms with Crippen LogP contribution in [0, 0.1) is 0 Å². The number of hydrogen-bond donors (Lipinski definition) is 0. The van der Waals surface area contributed by atoms with Gasteiger partial charge in [0.05, 0.1) is 0 Å². The van der Waals surface area contributed by atoms with E-state index in [9.17, 15) is 4.79 Å². The van der Waals surface area contributed by atoms with Gasteiger partial charge in [-0.15, -0.1) is 0 Å². The van der Waals surface area contributed by atoms with Crippen LogP contribution in [0.5, 0.6) is 0 Å². The molecule has 1 saturated carbocycles. The molecule has 1 rings (SSSR count). The summed E-state index contributed by atoms with van der Waals surface area (Å²) in [6.45, 7) is 0. The molecule has 0 saturated heterocycles. The first-order valence-electron chi connectivity index (χ1n) is 3.40. The third kappa shape index (κ3) is 1.52. The fourth-order valence-electron chi connectivity index (χ4n) is 1.20. The molecule has 0 amide bonds. The zero-order valence-electron chi connectivity index (χ0n) is 5.72. The van der Waals surface area contributed by atoms with Crippen LogP contribution in [0.15, 0.2) is 0 Å². The molecule has 0 aliphatic heterocycles. The SMILES string of the molecule is CO[C@H]1CCCCC1=O. The van der Waals surface area contributed by atoms with Gasteiger partial charge in [-0.2, -0.15) is 0 Å². The quantitative estimate of drug-likeness (QED) is 0.529. The average Bonchev–Trinajstić information content (AvgIpc) is 1.89. The van der Waals surface area contributed by atoms with Crippen LogP contribution >= 0.6 is 0 Å². The van der Waals surface area contributed by atoms with Crippen LogP contribution in [-0.2, 0) is 9.53 Å². The summed E-state index contributed by atoms with van der Waals surface area (Å²) in [5.74, 6) is 0.281. The monoisotopic (exact) mass is 128 g/mol. The van der Waals surface area contributed by atoms with E-state index < -0.39 is 0 Å². The van der Waals surface area contributed by atoms with Crippen molar-refractivity contribution in [2.24, 2.45) is 0 Å². The minimum absolute atomic E-state index is 0.0845. The first kappa shape index (κ1) is 6.75. The minimum atomic E-state index is -0.0845. The molecule has 1 aliphatic rings. The Morgan fingerprint density at radius 1 is 1.56 bits per heavy atom. The summed E-state index contributed by atoms with van der Waals surface area (Å²) in [5, 5.41) is 0. The molecule has 0 radical (unpaired) electrons. The lowest BCUT2D eigenvalue weighted by Crippen LogP contribution is -2.26. The summed E-state index contributed by atoms with van der Waals surface area (Å²) in [5.41, 5.74) is 0. The van der Waals surface area contributed by atoms with E-state index in [1.807, 2.05) is 0 Å². The third-order valence-corrected chi connectivity index (χ3v) is 1.78. The van der Waals surface area contributed by atoms with Gasteiger partial charge in [-0.05, 0) is 19.3 Å². The molecular formula is C7H12O2. The number of rotatable bonds is 1. The molecule has 2 nitrogen and oxygen atoms in total. The van der Waals surface area contributed by atoms with Crippen molar-refractivity contribution in [1.29, 1.82) is 0 Å². The number of ether oxygens (including phenoxy) is 1. The molecule has 0 N–H and O–H groups in total. The maximum atomic E-state index is 10.9. The van der Waals surface area contributed by atoms with E-state index in [0.717, 1.165) is 25.7 Å². The summed E-state index contributed by atoms with van der Waals surface area (Å²) >= 11 is 0. The molecular weight excluding hydrogens is 116 g/mol. The Morgan fingerprint density at radius 2 is 2.33 bits per heavy atom. The highest BCUT2D eigenvalue weighted by atomic mass is 16.5. The summed E-state index contributed by atoms with van der Waals surface area (Å²) in [6.07, 6.45) is 3.76. The molecule has 2 heteroatoms. The smallest absolute Gasteiger partial charge is 0.161 e. The van der Waals surface area contributed by atoms with Gasteiger partial charge in [0.15, 0.2) is 5.78 Å². The summed E-state index contributed by atoms with van der Waals surface area (Å²) < 4.78 is 4.95. The second-order valence-electron chi connectivity index (χ2n) is 2.44. The molecule has 0 unspecified atom stereocenters. The molecule has 0 aromatic rings. The van der Waals surface area contributed by atoms with E-state index in [2.05, 4.69) is 0 Å². The fraction of sp³-hybridized carbons (Fsp3) is 0.857. The first-order valence-corrected chi connectivity index (χ1v) is 3.40. The minimum Gasteiger partial charge on any atom is -0.374 e. The lowest BCUT2D eigenvalue weighted by molar-refractivity contribution is -0.131. The number of carbonyl (C=O) groups excluding carboxylic acids is 1. The van der Waals surface area contributed by atoms with Gasteiger partial charge in [-0.25, -0.2) is 0 Å². The van der Waals surface area contributed by atoms with Crippen LogP contribution in [-0.4, -0.2) is 19.0 Å². The first-order chi connectivity index (χ1) is 4.34. The Bertz CT molecular complexity index is 109. The van der Waals surface area contributed by atoms with Crippen molar-refractivity contribution in [1.82, 2.24) is 0 Å². The van der Waals surface area contributed by atoms with Crippen molar-refractivity contribution < 1.29 is 9.53 Å². The lowest BCUT2D eigenvalue weighted by Gasteiger charge is -2.17. The van der Waals surface area contributed by atoms with Gasteiger partial charge in [0, 0.05) is 13.5 Å². The maximum absolute atomic E-state index is 10.9. The second-order valence-corrected chi connectivity index (χ2v) is 2.44. The van der Waals surface area contributed by atoms with Gasteiger partial charge in [0.2, 0.25) is 0 Å². The van der Waals surface area contributed by atoms with Crippen LogP contribution in [0.4, 0.5) is 0 Å². The predicted octanol–water partition coefficient (Wildman–Crippen LogP) is 1.14. The average molecular weight is 128 g/mol. The van der Waals surface area contributed by atoms with E-state index in [-0.39, 0.29) is 11.9 Å². The Kier molecular flexibility index (Phi) is 2.22. The maximum Gasteiger partial charge on any atom is 0.161 e. The number of methoxy groups -OCH3 is 1. The molecule has 0 bridgehead atoms. The molecule has 0 aromatic heterocycles. The zero-order valence-corrected chi connectivity index (χ0v) is 5.72. The number of Topliss-reactive ketones (excluding diaryl/α,β-unsaturated/α-hetero) is 1. The third-order valence-electron chi connectivity index (χ3n) is 1.78. The zero-order chi connectivity index (χ0) is 6.69. The second kappa shape index (κ2) is 2.97. The highest BCUT2D eigenvalue weighted by Crippen LogP contribution is 2.16. The topological polar surface area (TPSA) is 26.3 Å². The molecule has 9 heavy (non-hydrogen) atoms. The van der Waals surface area contributed by atoms with Crippen molar-refractivity contribution in [2.45, 2.75) is 31.8 Å². The van der Waals surface area contributed by atoms with E-state index in [1.54, 1.807) is 7.11 Å². The highest BCUT2D eigenvalue weighted by molar-refractivity contribution is 5.83. The Balaban J connectivity index is 2.39. The van der Waals surface area contributed by atoms with E-state index >= 15 is 0 Å². The normalized spacial score (nSPS) is 28.6. The van der Waals surface area contributed by atoms with E-state index in [4.69, 9.17) is 4.74 Å². The van der Waals surface area contributed by atoms with Gasteiger partial charge >= 0.3 is 0 Å². The van der Waals surface area contributed by atoms with Crippen molar-refractivity contribution in [3.63, 3.8) is 0 Å². The van der Waals surface area contributed by atoms with E-state index in [1.165, 1.54) is 0 Å². The van der Waals surface area contributed by atoms with E-state index in [0.29, 0.717) is 0 Å². The molecule has 0 heterocycles. The van der Waals surface area contributed by atoms with Gasteiger partial charge in [-0.1, -0.05) is 0 Å². The van der Waals surface area contributed by atoms with Crippen molar-refractivity contribution in [3.05, 3.63) is 0 Å². The molecule has 1 aliphatic carbocycles. The van der Waals surface area contributed by atoms with Crippen LogP contribution in [0.25, 0.3) is 0 Å². The van der Waals surface area contributed by atoms with Crippen LogP contribution < -0.4 is 0 Å². The Morgan fingerprint density at radius 3 is 2.78 bits per heavy atom. The molecule has 1 fully saturated rings. The molecule has 0 spiro atoms. The standard InChI is InChI=1S/C7H12O2/c1-9-7-5-3-2-4-6(7)8/h7H,2-5H2,1H3/t7-/m0/s1. The van der Waals surface area contributed by atoms with Crippen LogP contribution in [0.3, 0.4) is 0 Å². The van der Waals surface area contributed by atoms with Gasteiger partial charge < -0.3 is 4.74 Å². The molecule has 1 atom stereocenters. The molecule has 52 valence electrons. The summed E-state index contributed by atoms with van der Waals surface area (Å²) in [6, 6.07) is 0. The van der Waals surface area contributed by atoms with Gasteiger partial charge in [0.1, 0.15) is 6.10 Å². The summed E-state index contributed by atoms with van der Waals surface area (Å²) in [4.78, 5) is 10.9. The number of carbonyl (C=O) groups is 1. The van der Waals surface area contributed by atoms with Gasteiger partial charge in [-0.3, -0.25) is 4.79 Å². The lowest BCUT2D eigenvalue weighted by atomic mass is 9.96. The van der Waals surface area contributed by atoms with Crippen LogP contribution in [0.2, 0.25) is 0 Å². The molecule has 0 aromatic carbocycles. The summed E-state index contributed by atoms with van der Waals surface area (Å²) in [7, 11) is 1.61. The van der Waals surface area contributed by atoms with Gasteiger partial charge in [0.25, 0.3) is 0 Å². The fourth-order valence-corrected chi connectivity index (χ4v) is 1.20. The Labute approximate surface area is 55.2 Å². The number of ketones is 1. The largest absolute Gasteiger partial charge is 0.374 e. The van der Waals surface area contributed by atoms with Crippen LogP contribution in [0.1, 0.15) is 25.7 Å². The predicted molar refractivity (Wildman–Crippen MR) is 34.3 cm³/mol. The highest BCUT2D eigenvalue weighted by Gasteiger charge is 2.20. The van der Waals surface area contributed by atoms with Crippen molar-refractivity contribution in [2.75, 3.05) is 7.11 Å². The van der Waals surface area contributed by atoms with Crippen molar-refractivity contribution >= 4 is 5.78 Å². The Hall–Kier alpha value is -0.370. The van der Waals surface area contributed by atoms with Crippen molar-refractivity contribution in [3.8, 4) is 0 Å². The number of hydrogen-bond acceptors (Lipinski definition) is 2.